The number of fused-ring (bicyclic) bond motifs is 1. The molecule has 6 nitrogen and oxygen atoms in total. The van der Waals surface area contributed by atoms with Crippen LogP contribution in [0.3, 0.4) is 0 Å². The van der Waals surface area contributed by atoms with Crippen LogP contribution in [0.4, 0.5) is 5.95 Å². The Kier molecular flexibility index (Phi) is 5.76. The fourth-order valence-corrected chi connectivity index (χ4v) is 3.87. The van der Waals surface area contributed by atoms with Crippen LogP contribution in [0.5, 0.6) is 0 Å². The van der Waals surface area contributed by atoms with Gasteiger partial charge in [-0.05, 0) is 47.9 Å². The van der Waals surface area contributed by atoms with E-state index in [4.69, 9.17) is 0 Å². The van der Waals surface area contributed by atoms with Crippen molar-refractivity contribution in [2.45, 2.75) is 25.3 Å². The van der Waals surface area contributed by atoms with E-state index in [-0.39, 0.29) is 17.9 Å². The summed E-state index contributed by atoms with van der Waals surface area (Å²) in [6.07, 6.45) is 7.31. The summed E-state index contributed by atoms with van der Waals surface area (Å²) in [7, 11) is 0. The molecule has 4 rings (SSSR count). The van der Waals surface area contributed by atoms with Crippen LogP contribution in [0.25, 0.3) is 6.08 Å². The summed E-state index contributed by atoms with van der Waals surface area (Å²) in [5.41, 5.74) is 2.91. The van der Waals surface area contributed by atoms with Crippen LogP contribution in [0.1, 0.15) is 32.9 Å². The number of carbonyl (C=O) groups is 2. The van der Waals surface area contributed by atoms with Gasteiger partial charge in [0.2, 0.25) is 11.9 Å². The van der Waals surface area contributed by atoms with E-state index in [0.717, 1.165) is 29.7 Å². The highest BCUT2D eigenvalue weighted by molar-refractivity contribution is 7.12. The number of hydrogen-bond donors (Lipinski definition) is 2. The molecule has 1 atom stereocenters. The molecular weight excluding hydrogens is 384 g/mol. The van der Waals surface area contributed by atoms with Gasteiger partial charge in [-0.1, -0.05) is 36.4 Å². The first-order chi connectivity index (χ1) is 14.2. The third-order valence-electron chi connectivity index (χ3n) is 4.69. The van der Waals surface area contributed by atoms with E-state index in [1.807, 2.05) is 41.8 Å². The number of carbonyl (C=O) groups excluding carboxylic acids is 2. The van der Waals surface area contributed by atoms with Gasteiger partial charge in [0.15, 0.2) is 0 Å². The molecule has 0 saturated heterocycles. The van der Waals surface area contributed by atoms with E-state index in [1.165, 1.54) is 11.3 Å². The maximum atomic E-state index is 12.2. The van der Waals surface area contributed by atoms with Crippen molar-refractivity contribution in [1.82, 2.24) is 15.3 Å². The summed E-state index contributed by atoms with van der Waals surface area (Å²) >= 11 is 1.37. The van der Waals surface area contributed by atoms with Crippen LogP contribution >= 0.6 is 11.3 Å². The van der Waals surface area contributed by atoms with Crippen molar-refractivity contribution in [2.75, 3.05) is 5.32 Å². The Hall–Kier alpha value is -3.32. The first-order valence-corrected chi connectivity index (χ1v) is 10.3. The number of nitrogens with one attached hydrogen (secondary N) is 2. The van der Waals surface area contributed by atoms with Gasteiger partial charge in [-0.25, -0.2) is 9.97 Å². The Morgan fingerprint density at radius 1 is 1.14 bits per heavy atom. The van der Waals surface area contributed by atoms with E-state index < -0.39 is 0 Å². The molecule has 2 aromatic heterocycles. The quantitative estimate of drug-likeness (QED) is 0.638. The Bertz CT molecular complexity index is 1030. The summed E-state index contributed by atoms with van der Waals surface area (Å²) in [4.78, 5) is 33.7. The van der Waals surface area contributed by atoms with Crippen LogP contribution in [-0.2, 0) is 17.6 Å². The predicted octanol–water partition coefficient (Wildman–Crippen LogP) is 3.48. The summed E-state index contributed by atoms with van der Waals surface area (Å²) < 4.78 is 0. The van der Waals surface area contributed by atoms with Crippen molar-refractivity contribution in [2.24, 2.45) is 0 Å². The smallest absolute Gasteiger partial charge is 0.268 e. The van der Waals surface area contributed by atoms with Crippen molar-refractivity contribution in [1.29, 1.82) is 0 Å². The van der Waals surface area contributed by atoms with Gasteiger partial charge in [-0.3, -0.25) is 14.9 Å². The molecule has 1 aliphatic carbocycles. The molecular formula is C22H20N4O2S. The van der Waals surface area contributed by atoms with Crippen LogP contribution in [0, 0.1) is 0 Å². The Labute approximate surface area is 172 Å². The summed E-state index contributed by atoms with van der Waals surface area (Å²) in [5.74, 6) is 0.00425. The molecule has 0 fully saturated rings. The second-order valence-electron chi connectivity index (χ2n) is 6.79. The summed E-state index contributed by atoms with van der Waals surface area (Å²) in [6.45, 7) is 0. The van der Waals surface area contributed by atoms with Gasteiger partial charge in [0, 0.05) is 24.0 Å². The van der Waals surface area contributed by atoms with Crippen molar-refractivity contribution >= 4 is 35.2 Å². The first kappa shape index (κ1) is 19.0. The fraction of sp³-hybridized carbons (Fsp3) is 0.182. The number of thiophene rings is 1. The molecule has 0 saturated carbocycles. The van der Waals surface area contributed by atoms with Gasteiger partial charge in [0.25, 0.3) is 5.91 Å². The number of benzene rings is 1. The second-order valence-corrected chi connectivity index (χ2v) is 7.74. The van der Waals surface area contributed by atoms with E-state index >= 15 is 0 Å². The lowest BCUT2D eigenvalue weighted by Crippen LogP contribution is -2.38. The number of hydrogen-bond acceptors (Lipinski definition) is 5. The monoisotopic (exact) mass is 404 g/mol. The van der Waals surface area contributed by atoms with E-state index in [2.05, 4.69) is 20.6 Å². The van der Waals surface area contributed by atoms with Gasteiger partial charge in [0.1, 0.15) is 0 Å². The second kappa shape index (κ2) is 8.79. The van der Waals surface area contributed by atoms with Crippen molar-refractivity contribution in [3.63, 3.8) is 0 Å². The molecule has 2 N–H and O–H groups in total. The molecule has 0 aliphatic heterocycles. The van der Waals surface area contributed by atoms with Gasteiger partial charge in [-0.2, -0.15) is 0 Å². The number of anilines is 1. The number of nitrogens with zero attached hydrogens (tertiary/aromatic N) is 2. The number of aryl methyl sites for hydroxylation is 1. The van der Waals surface area contributed by atoms with Gasteiger partial charge in [-0.15, -0.1) is 11.3 Å². The molecule has 7 heteroatoms. The summed E-state index contributed by atoms with van der Waals surface area (Å²) in [6, 6.07) is 13.4. The molecule has 0 radical (unpaired) electrons. The van der Waals surface area contributed by atoms with Crippen LogP contribution < -0.4 is 10.6 Å². The zero-order chi connectivity index (χ0) is 20.1. The predicted molar refractivity (Wildman–Crippen MR) is 114 cm³/mol. The zero-order valence-electron chi connectivity index (χ0n) is 15.7. The van der Waals surface area contributed by atoms with Crippen molar-refractivity contribution in [3.8, 4) is 0 Å². The van der Waals surface area contributed by atoms with Gasteiger partial charge < -0.3 is 5.32 Å². The summed E-state index contributed by atoms with van der Waals surface area (Å²) in [5, 5.41) is 7.64. The standard InChI is InChI=1S/C22H20N4O2S/c27-20(11-8-15-5-2-1-3-6-15)24-17-9-10-18-16(13-17)14-23-22(25-18)26-21(28)19-7-4-12-29-19/h1-8,11-12,14,17H,9-10,13H2,(H,24,27)(H,23,25,26,28). The number of amides is 2. The molecule has 3 aromatic rings. The zero-order valence-corrected chi connectivity index (χ0v) is 16.5. The lowest BCUT2D eigenvalue weighted by molar-refractivity contribution is -0.117. The highest BCUT2D eigenvalue weighted by atomic mass is 32.1. The SMILES string of the molecule is O=C(C=Cc1ccccc1)NC1CCc2nc(NC(=O)c3cccs3)ncc2C1. The van der Waals surface area contributed by atoms with E-state index in [9.17, 15) is 9.59 Å². The largest absolute Gasteiger partial charge is 0.349 e. The minimum atomic E-state index is -0.203. The van der Waals surface area contributed by atoms with E-state index in [0.29, 0.717) is 17.2 Å². The molecule has 1 aliphatic rings. The van der Waals surface area contributed by atoms with Crippen LogP contribution in [0.15, 0.2) is 60.1 Å². The van der Waals surface area contributed by atoms with Crippen molar-refractivity contribution in [3.05, 3.63) is 81.8 Å². The number of rotatable bonds is 5. The minimum Gasteiger partial charge on any atom is -0.349 e. The maximum absolute atomic E-state index is 12.2. The molecule has 2 amide bonds. The molecule has 1 aromatic carbocycles. The average Bonchev–Trinajstić information content (AvgIpc) is 3.28. The minimum absolute atomic E-state index is 0.0468. The van der Waals surface area contributed by atoms with Crippen molar-refractivity contribution < 1.29 is 9.59 Å². The Morgan fingerprint density at radius 3 is 2.79 bits per heavy atom. The van der Waals surface area contributed by atoms with Gasteiger partial charge in [0.05, 0.1) is 4.88 Å². The topological polar surface area (TPSA) is 84.0 Å². The van der Waals surface area contributed by atoms with Crippen LogP contribution in [-0.4, -0.2) is 27.8 Å². The molecule has 29 heavy (non-hydrogen) atoms. The normalized spacial score (nSPS) is 15.7. The molecule has 0 bridgehead atoms. The molecule has 1 unspecified atom stereocenters. The van der Waals surface area contributed by atoms with Crippen LogP contribution in [0.2, 0.25) is 0 Å². The van der Waals surface area contributed by atoms with Gasteiger partial charge >= 0.3 is 0 Å². The lowest BCUT2D eigenvalue weighted by atomic mass is 9.93. The Morgan fingerprint density at radius 2 is 2.00 bits per heavy atom. The Balaban J connectivity index is 1.34. The fourth-order valence-electron chi connectivity index (χ4n) is 3.25. The average molecular weight is 404 g/mol. The number of aromatic nitrogens is 2. The first-order valence-electron chi connectivity index (χ1n) is 9.40. The molecule has 0 spiro atoms. The highest BCUT2D eigenvalue weighted by Gasteiger charge is 2.22. The molecule has 146 valence electrons. The lowest BCUT2D eigenvalue weighted by Gasteiger charge is -2.24. The highest BCUT2D eigenvalue weighted by Crippen LogP contribution is 2.21. The third-order valence-corrected chi connectivity index (χ3v) is 5.56. The van der Waals surface area contributed by atoms with E-state index in [1.54, 1.807) is 24.4 Å². The molecule has 2 heterocycles. The maximum Gasteiger partial charge on any atom is 0.268 e. The third kappa shape index (κ3) is 4.94.